The summed E-state index contributed by atoms with van der Waals surface area (Å²) in [6.45, 7) is 4.55. The summed E-state index contributed by atoms with van der Waals surface area (Å²) in [6.07, 6.45) is 4.97. The van der Waals surface area contributed by atoms with E-state index in [1.54, 1.807) is 16.7 Å². The average Bonchev–Trinajstić information content (AvgIpc) is 2.72. The first-order valence-electron chi connectivity index (χ1n) is 5.17. The van der Waals surface area contributed by atoms with E-state index in [0.717, 1.165) is 5.56 Å². The van der Waals surface area contributed by atoms with Gasteiger partial charge in [0.15, 0.2) is 0 Å². The number of hydrogen-bond acceptors (Lipinski definition) is 3. The number of nitrogens with zero attached hydrogens (tertiary/aromatic N) is 2. The van der Waals surface area contributed by atoms with Crippen LogP contribution in [0.5, 0.6) is 0 Å². The van der Waals surface area contributed by atoms with Crippen molar-refractivity contribution in [3.8, 4) is 0 Å². The van der Waals surface area contributed by atoms with E-state index < -0.39 is 5.91 Å². The van der Waals surface area contributed by atoms with Crippen LogP contribution in [0.1, 0.15) is 15.9 Å². The molecule has 0 aliphatic heterocycles. The molecule has 17 heavy (non-hydrogen) atoms. The molecule has 2 N–H and O–H groups in total. The highest BCUT2D eigenvalue weighted by molar-refractivity contribution is 5.99. The van der Waals surface area contributed by atoms with E-state index in [9.17, 15) is 4.79 Å². The van der Waals surface area contributed by atoms with E-state index in [4.69, 9.17) is 10.5 Å². The third-order valence-electron chi connectivity index (χ3n) is 2.35. The van der Waals surface area contributed by atoms with Crippen LogP contribution in [0.25, 0.3) is 5.52 Å². The third-order valence-corrected chi connectivity index (χ3v) is 2.35. The number of pyridine rings is 1. The zero-order chi connectivity index (χ0) is 12.3. The molecule has 0 saturated carbocycles. The summed E-state index contributed by atoms with van der Waals surface area (Å²) < 4.78 is 6.94. The molecular weight excluding hydrogens is 218 g/mol. The Morgan fingerprint density at radius 2 is 2.41 bits per heavy atom. The van der Waals surface area contributed by atoms with E-state index in [2.05, 4.69) is 11.7 Å². The zero-order valence-corrected chi connectivity index (χ0v) is 9.30. The lowest BCUT2D eigenvalue weighted by Crippen LogP contribution is -2.10. The van der Waals surface area contributed by atoms with Crippen LogP contribution < -0.4 is 5.73 Å². The number of aromatic nitrogens is 2. The monoisotopic (exact) mass is 231 g/mol. The van der Waals surface area contributed by atoms with E-state index >= 15 is 0 Å². The SMILES string of the molecule is C=CCOCc1ccc2c(C(N)=O)cnn2c1. The molecule has 0 bridgehead atoms. The molecule has 0 aromatic carbocycles. The van der Waals surface area contributed by atoms with Crippen LogP contribution in [-0.2, 0) is 11.3 Å². The van der Waals surface area contributed by atoms with Crippen LogP contribution in [0.15, 0.2) is 37.2 Å². The summed E-state index contributed by atoms with van der Waals surface area (Å²) in [5.41, 5.74) is 7.32. The highest BCUT2D eigenvalue weighted by Crippen LogP contribution is 2.12. The molecule has 1 amide bonds. The average molecular weight is 231 g/mol. The lowest BCUT2D eigenvalue weighted by molar-refractivity contribution is 0.100. The molecule has 2 aromatic heterocycles. The number of primary amides is 1. The second kappa shape index (κ2) is 4.80. The molecule has 5 nitrogen and oxygen atoms in total. The Morgan fingerprint density at radius 1 is 1.59 bits per heavy atom. The molecule has 2 heterocycles. The molecular formula is C12H13N3O2. The number of hydrogen-bond donors (Lipinski definition) is 1. The predicted octanol–water partition coefficient (Wildman–Crippen LogP) is 1.14. The minimum Gasteiger partial charge on any atom is -0.373 e. The largest absolute Gasteiger partial charge is 0.373 e. The van der Waals surface area contributed by atoms with Gasteiger partial charge in [-0.25, -0.2) is 4.52 Å². The summed E-state index contributed by atoms with van der Waals surface area (Å²) in [6, 6.07) is 3.69. The number of rotatable bonds is 5. The molecule has 0 fully saturated rings. The second-order valence-electron chi connectivity index (χ2n) is 3.59. The smallest absolute Gasteiger partial charge is 0.252 e. The maximum absolute atomic E-state index is 11.1. The molecule has 2 rings (SSSR count). The van der Waals surface area contributed by atoms with Crippen LogP contribution in [0.2, 0.25) is 0 Å². The molecule has 0 aliphatic rings. The van der Waals surface area contributed by atoms with Gasteiger partial charge in [-0.05, 0) is 11.6 Å². The molecule has 2 aromatic rings. The van der Waals surface area contributed by atoms with Crippen molar-refractivity contribution in [3.63, 3.8) is 0 Å². The molecule has 0 aliphatic carbocycles. The first-order valence-corrected chi connectivity index (χ1v) is 5.17. The first kappa shape index (κ1) is 11.3. The Labute approximate surface area is 98.5 Å². The molecule has 0 unspecified atom stereocenters. The number of ether oxygens (including phenoxy) is 1. The minimum absolute atomic E-state index is 0.420. The minimum atomic E-state index is -0.476. The molecule has 5 heteroatoms. The number of nitrogens with two attached hydrogens (primary N) is 1. The number of amides is 1. The van der Waals surface area contributed by atoms with Crippen LogP contribution in [0.4, 0.5) is 0 Å². The van der Waals surface area contributed by atoms with E-state index in [0.29, 0.717) is 24.3 Å². The highest BCUT2D eigenvalue weighted by atomic mass is 16.5. The number of fused-ring (bicyclic) bond motifs is 1. The quantitative estimate of drug-likeness (QED) is 0.619. The van der Waals surface area contributed by atoms with E-state index in [1.165, 1.54) is 6.20 Å². The van der Waals surface area contributed by atoms with Crippen LogP contribution in [-0.4, -0.2) is 22.1 Å². The fourth-order valence-corrected chi connectivity index (χ4v) is 1.56. The van der Waals surface area contributed by atoms with Gasteiger partial charge in [-0.3, -0.25) is 4.79 Å². The predicted molar refractivity (Wildman–Crippen MR) is 63.6 cm³/mol. The van der Waals surface area contributed by atoms with Crippen molar-refractivity contribution in [2.45, 2.75) is 6.61 Å². The van der Waals surface area contributed by atoms with Gasteiger partial charge < -0.3 is 10.5 Å². The normalized spacial score (nSPS) is 10.6. The van der Waals surface area contributed by atoms with Gasteiger partial charge in [-0.15, -0.1) is 6.58 Å². The molecule has 0 saturated heterocycles. The summed E-state index contributed by atoms with van der Waals surface area (Å²) in [5, 5.41) is 4.07. The summed E-state index contributed by atoms with van der Waals surface area (Å²) in [5.74, 6) is -0.476. The fourth-order valence-electron chi connectivity index (χ4n) is 1.56. The van der Waals surface area contributed by atoms with Gasteiger partial charge in [0.2, 0.25) is 0 Å². The van der Waals surface area contributed by atoms with Crippen LogP contribution in [0.3, 0.4) is 0 Å². The standard InChI is InChI=1S/C12H13N3O2/c1-2-5-17-8-9-3-4-11-10(12(13)16)6-14-15(11)7-9/h2-4,6-7H,1,5,8H2,(H2,13,16). The van der Waals surface area contributed by atoms with Crippen LogP contribution >= 0.6 is 0 Å². The van der Waals surface area contributed by atoms with Gasteiger partial charge in [0.05, 0.1) is 30.5 Å². The van der Waals surface area contributed by atoms with E-state index in [-0.39, 0.29) is 0 Å². The maximum Gasteiger partial charge on any atom is 0.252 e. The van der Waals surface area contributed by atoms with Gasteiger partial charge in [0.1, 0.15) is 0 Å². The van der Waals surface area contributed by atoms with Crippen molar-refractivity contribution < 1.29 is 9.53 Å². The van der Waals surface area contributed by atoms with Gasteiger partial charge >= 0.3 is 0 Å². The van der Waals surface area contributed by atoms with Gasteiger partial charge in [-0.1, -0.05) is 12.1 Å². The summed E-state index contributed by atoms with van der Waals surface area (Å²) in [4.78, 5) is 11.1. The lowest BCUT2D eigenvalue weighted by atomic mass is 10.2. The number of carbonyl (C=O) groups is 1. The Hall–Kier alpha value is -2.14. The molecule has 0 radical (unpaired) electrons. The topological polar surface area (TPSA) is 69.6 Å². The Balaban J connectivity index is 2.26. The van der Waals surface area contributed by atoms with Crippen molar-refractivity contribution >= 4 is 11.4 Å². The second-order valence-corrected chi connectivity index (χ2v) is 3.59. The number of carbonyl (C=O) groups excluding carboxylic acids is 1. The Bertz CT molecular complexity index is 560. The van der Waals surface area contributed by atoms with Gasteiger partial charge in [0, 0.05) is 6.20 Å². The van der Waals surface area contributed by atoms with Crippen molar-refractivity contribution in [3.05, 3.63) is 48.3 Å². The molecule has 88 valence electrons. The van der Waals surface area contributed by atoms with Crippen molar-refractivity contribution in [2.24, 2.45) is 5.73 Å². The molecule has 0 spiro atoms. The first-order chi connectivity index (χ1) is 8.22. The van der Waals surface area contributed by atoms with Crippen molar-refractivity contribution in [1.82, 2.24) is 9.61 Å². The third kappa shape index (κ3) is 2.34. The fraction of sp³-hybridized carbons (Fsp3) is 0.167. The van der Waals surface area contributed by atoms with Crippen molar-refractivity contribution in [1.29, 1.82) is 0 Å². The lowest BCUT2D eigenvalue weighted by Gasteiger charge is -2.02. The Morgan fingerprint density at radius 3 is 3.12 bits per heavy atom. The van der Waals surface area contributed by atoms with Gasteiger partial charge in [-0.2, -0.15) is 5.10 Å². The Kier molecular flexibility index (Phi) is 3.20. The van der Waals surface area contributed by atoms with Gasteiger partial charge in [0.25, 0.3) is 5.91 Å². The zero-order valence-electron chi connectivity index (χ0n) is 9.30. The maximum atomic E-state index is 11.1. The summed E-state index contributed by atoms with van der Waals surface area (Å²) >= 11 is 0. The van der Waals surface area contributed by atoms with E-state index in [1.807, 2.05) is 12.3 Å². The highest BCUT2D eigenvalue weighted by Gasteiger charge is 2.08. The molecule has 0 atom stereocenters. The summed E-state index contributed by atoms with van der Waals surface area (Å²) in [7, 11) is 0. The van der Waals surface area contributed by atoms with Crippen molar-refractivity contribution in [2.75, 3.05) is 6.61 Å². The van der Waals surface area contributed by atoms with Crippen LogP contribution in [0, 0.1) is 0 Å².